The third kappa shape index (κ3) is 4.22. The number of nitrogens with zero attached hydrogens (tertiary/aromatic N) is 2. The topological polar surface area (TPSA) is 63.3 Å². The van der Waals surface area contributed by atoms with Crippen molar-refractivity contribution in [1.29, 1.82) is 0 Å². The fourth-order valence-electron chi connectivity index (χ4n) is 2.87. The van der Waals surface area contributed by atoms with E-state index in [4.69, 9.17) is 5.73 Å². The van der Waals surface area contributed by atoms with E-state index in [1.165, 1.54) is 32.1 Å². The van der Waals surface area contributed by atoms with Crippen molar-refractivity contribution in [3.8, 4) is 0 Å². The van der Waals surface area contributed by atoms with Gasteiger partial charge in [0, 0.05) is 31.4 Å². The Morgan fingerprint density at radius 1 is 1.45 bits per heavy atom. The molecule has 0 unspecified atom stereocenters. The molecule has 1 aromatic heterocycles. The van der Waals surface area contributed by atoms with Crippen LogP contribution in [0.3, 0.4) is 0 Å². The summed E-state index contributed by atoms with van der Waals surface area (Å²) >= 11 is 0. The lowest BCUT2D eigenvalue weighted by atomic mass is 9.66. The quantitative estimate of drug-likeness (QED) is 0.593. The van der Waals surface area contributed by atoms with Crippen LogP contribution in [-0.4, -0.2) is 24.0 Å². The Morgan fingerprint density at radius 2 is 2.30 bits per heavy atom. The highest BCUT2D eigenvalue weighted by Crippen LogP contribution is 2.44. The molecular formula is C16H26N4. The van der Waals surface area contributed by atoms with Gasteiger partial charge in [-0.25, -0.2) is 0 Å². The van der Waals surface area contributed by atoms with E-state index in [9.17, 15) is 0 Å². The van der Waals surface area contributed by atoms with Gasteiger partial charge in [0.25, 0.3) is 0 Å². The maximum atomic E-state index is 5.94. The Bertz CT molecular complexity index is 423. The number of hydrogen-bond acceptors (Lipinski definition) is 2. The molecule has 0 radical (unpaired) electrons. The van der Waals surface area contributed by atoms with E-state index in [1.807, 2.05) is 24.4 Å². The summed E-state index contributed by atoms with van der Waals surface area (Å²) in [5, 5.41) is 3.18. The van der Waals surface area contributed by atoms with Crippen molar-refractivity contribution in [2.24, 2.45) is 16.1 Å². The molecule has 4 heteroatoms. The maximum Gasteiger partial charge on any atom is 0.188 e. The number of aliphatic imine (C=N–C) groups is 1. The SMILES string of the molecule is CCCC1(CN=C(N)NCCc2ccccn2)CCC1. The van der Waals surface area contributed by atoms with Crippen molar-refractivity contribution < 1.29 is 0 Å². The minimum Gasteiger partial charge on any atom is -0.370 e. The lowest BCUT2D eigenvalue weighted by Crippen LogP contribution is -2.37. The maximum absolute atomic E-state index is 5.94. The number of nitrogens with two attached hydrogens (primary N) is 1. The Hall–Kier alpha value is -1.58. The molecule has 0 atom stereocenters. The second-order valence-corrected chi connectivity index (χ2v) is 5.80. The molecule has 0 spiro atoms. The molecule has 0 amide bonds. The second kappa shape index (κ2) is 7.27. The highest BCUT2D eigenvalue weighted by atomic mass is 15.1. The molecule has 1 aromatic rings. The first kappa shape index (κ1) is 14.8. The average molecular weight is 274 g/mol. The summed E-state index contributed by atoms with van der Waals surface area (Å²) in [4.78, 5) is 8.82. The van der Waals surface area contributed by atoms with Crippen molar-refractivity contribution in [2.45, 2.75) is 45.4 Å². The summed E-state index contributed by atoms with van der Waals surface area (Å²) in [5.41, 5.74) is 7.46. The van der Waals surface area contributed by atoms with Crippen LogP contribution in [0.25, 0.3) is 0 Å². The van der Waals surface area contributed by atoms with Crippen LogP contribution in [0.5, 0.6) is 0 Å². The molecule has 1 aliphatic rings. The van der Waals surface area contributed by atoms with Crippen LogP contribution in [0.15, 0.2) is 29.4 Å². The van der Waals surface area contributed by atoms with E-state index in [0.29, 0.717) is 11.4 Å². The van der Waals surface area contributed by atoms with Crippen LogP contribution < -0.4 is 11.1 Å². The Balaban J connectivity index is 1.71. The van der Waals surface area contributed by atoms with Gasteiger partial charge in [0.05, 0.1) is 0 Å². The summed E-state index contributed by atoms with van der Waals surface area (Å²) in [5.74, 6) is 0.573. The molecule has 1 saturated carbocycles. The van der Waals surface area contributed by atoms with Gasteiger partial charge in [0.1, 0.15) is 0 Å². The van der Waals surface area contributed by atoms with Crippen LogP contribution in [0.2, 0.25) is 0 Å². The van der Waals surface area contributed by atoms with Crippen LogP contribution >= 0.6 is 0 Å². The number of nitrogens with one attached hydrogen (secondary N) is 1. The third-order valence-electron chi connectivity index (χ3n) is 4.19. The molecule has 0 aromatic carbocycles. The molecule has 4 nitrogen and oxygen atoms in total. The standard InChI is InChI=1S/C16H26N4/c1-2-8-16(9-5-10-16)13-20-15(17)19-12-7-14-6-3-4-11-18-14/h3-4,6,11H,2,5,7-10,12-13H2,1H3,(H3,17,19,20). The molecule has 110 valence electrons. The second-order valence-electron chi connectivity index (χ2n) is 5.80. The zero-order valence-corrected chi connectivity index (χ0v) is 12.4. The fourth-order valence-corrected chi connectivity index (χ4v) is 2.87. The van der Waals surface area contributed by atoms with E-state index in [1.54, 1.807) is 0 Å². The molecule has 1 aliphatic carbocycles. The first-order valence-corrected chi connectivity index (χ1v) is 7.68. The zero-order chi connectivity index (χ0) is 14.3. The first-order valence-electron chi connectivity index (χ1n) is 7.68. The molecule has 0 saturated heterocycles. The van der Waals surface area contributed by atoms with Crippen molar-refractivity contribution >= 4 is 5.96 Å². The smallest absolute Gasteiger partial charge is 0.188 e. The fraction of sp³-hybridized carbons (Fsp3) is 0.625. The van der Waals surface area contributed by atoms with Gasteiger partial charge in [-0.3, -0.25) is 9.98 Å². The van der Waals surface area contributed by atoms with Gasteiger partial charge in [-0.05, 0) is 36.8 Å². The molecule has 1 fully saturated rings. The summed E-state index contributed by atoms with van der Waals surface area (Å²) in [7, 11) is 0. The number of aromatic nitrogens is 1. The van der Waals surface area contributed by atoms with Gasteiger partial charge in [0.2, 0.25) is 0 Å². The largest absolute Gasteiger partial charge is 0.370 e. The lowest BCUT2D eigenvalue weighted by Gasteiger charge is -2.40. The average Bonchev–Trinajstić information content (AvgIpc) is 2.43. The van der Waals surface area contributed by atoms with Gasteiger partial charge < -0.3 is 11.1 Å². The highest BCUT2D eigenvalue weighted by molar-refractivity contribution is 5.77. The third-order valence-corrected chi connectivity index (χ3v) is 4.19. The molecule has 2 rings (SSSR count). The van der Waals surface area contributed by atoms with Crippen molar-refractivity contribution in [1.82, 2.24) is 10.3 Å². The number of hydrogen-bond donors (Lipinski definition) is 2. The predicted octanol–water partition coefficient (Wildman–Crippen LogP) is 2.50. The van der Waals surface area contributed by atoms with Gasteiger partial charge in [0.15, 0.2) is 5.96 Å². The minimum absolute atomic E-state index is 0.446. The monoisotopic (exact) mass is 274 g/mol. The van der Waals surface area contributed by atoms with Crippen molar-refractivity contribution in [3.05, 3.63) is 30.1 Å². The molecule has 20 heavy (non-hydrogen) atoms. The van der Waals surface area contributed by atoms with Crippen LogP contribution in [0.1, 0.15) is 44.7 Å². The highest BCUT2D eigenvalue weighted by Gasteiger charge is 2.35. The Labute approximate surface area is 121 Å². The molecule has 0 bridgehead atoms. The number of guanidine groups is 1. The van der Waals surface area contributed by atoms with Gasteiger partial charge in [-0.1, -0.05) is 25.8 Å². The Kier molecular flexibility index (Phi) is 5.39. The van der Waals surface area contributed by atoms with Gasteiger partial charge >= 0.3 is 0 Å². The minimum atomic E-state index is 0.446. The molecule has 1 heterocycles. The van der Waals surface area contributed by atoms with E-state index in [0.717, 1.165) is 25.2 Å². The Morgan fingerprint density at radius 3 is 2.90 bits per heavy atom. The zero-order valence-electron chi connectivity index (χ0n) is 12.4. The predicted molar refractivity (Wildman–Crippen MR) is 83.6 cm³/mol. The van der Waals surface area contributed by atoms with Crippen molar-refractivity contribution in [3.63, 3.8) is 0 Å². The normalized spacial score (nSPS) is 17.6. The van der Waals surface area contributed by atoms with Gasteiger partial charge in [-0.2, -0.15) is 0 Å². The van der Waals surface area contributed by atoms with E-state index in [-0.39, 0.29) is 0 Å². The molecular weight excluding hydrogens is 248 g/mol. The van der Waals surface area contributed by atoms with E-state index in [2.05, 4.69) is 22.2 Å². The number of pyridine rings is 1. The molecule has 0 aliphatic heterocycles. The summed E-state index contributed by atoms with van der Waals surface area (Å²) in [6, 6.07) is 5.96. The summed E-state index contributed by atoms with van der Waals surface area (Å²) in [6.45, 7) is 3.91. The van der Waals surface area contributed by atoms with Crippen molar-refractivity contribution in [2.75, 3.05) is 13.1 Å². The summed E-state index contributed by atoms with van der Waals surface area (Å²) < 4.78 is 0. The number of rotatable bonds is 7. The van der Waals surface area contributed by atoms with E-state index >= 15 is 0 Å². The summed E-state index contributed by atoms with van der Waals surface area (Å²) in [6.07, 6.45) is 9.18. The lowest BCUT2D eigenvalue weighted by molar-refractivity contribution is 0.130. The molecule has 3 N–H and O–H groups in total. The first-order chi connectivity index (χ1) is 9.74. The van der Waals surface area contributed by atoms with Crippen LogP contribution in [0, 0.1) is 5.41 Å². The van der Waals surface area contributed by atoms with Crippen LogP contribution in [0.4, 0.5) is 0 Å². The van der Waals surface area contributed by atoms with Crippen LogP contribution in [-0.2, 0) is 6.42 Å². The van der Waals surface area contributed by atoms with E-state index < -0.39 is 0 Å². The van der Waals surface area contributed by atoms with Gasteiger partial charge in [-0.15, -0.1) is 0 Å².